The number of allylic oxidation sites excluding steroid dienone is 3. The number of hydrogen-bond donors (Lipinski definition) is 1. The van der Waals surface area contributed by atoms with Gasteiger partial charge in [0, 0.05) is 40.9 Å². The summed E-state index contributed by atoms with van der Waals surface area (Å²) in [6.07, 6.45) is 0.339. The highest BCUT2D eigenvalue weighted by molar-refractivity contribution is 6.13. The molecule has 2 aromatic carbocycles. The number of rotatable bonds is 7. The Morgan fingerprint density at radius 3 is 2.24 bits per heavy atom. The van der Waals surface area contributed by atoms with Crippen LogP contribution in [0.2, 0.25) is 0 Å². The van der Waals surface area contributed by atoms with Crippen LogP contribution in [0.4, 0.5) is 5.69 Å². The Hall–Kier alpha value is -4.27. The summed E-state index contributed by atoms with van der Waals surface area (Å²) < 4.78 is 10.6. The molecule has 0 aromatic heterocycles. The molecule has 0 saturated heterocycles. The molecule has 1 heterocycles. The third kappa shape index (κ3) is 4.89. The molecule has 0 spiro atoms. The summed E-state index contributed by atoms with van der Waals surface area (Å²) in [4.78, 5) is 51.1. The van der Waals surface area contributed by atoms with E-state index in [0.717, 1.165) is 5.56 Å². The van der Waals surface area contributed by atoms with E-state index >= 15 is 0 Å². The van der Waals surface area contributed by atoms with Crippen molar-refractivity contribution in [3.8, 4) is 0 Å². The van der Waals surface area contributed by atoms with Gasteiger partial charge in [-0.05, 0) is 38.3 Å². The predicted octanol–water partition coefficient (Wildman–Crippen LogP) is 4.31. The summed E-state index contributed by atoms with van der Waals surface area (Å²) in [5.41, 5.74) is 2.84. The Labute approximate surface area is 214 Å². The van der Waals surface area contributed by atoms with E-state index in [1.165, 1.54) is 24.3 Å². The fourth-order valence-corrected chi connectivity index (χ4v) is 5.15. The summed E-state index contributed by atoms with van der Waals surface area (Å²) in [7, 11) is 0. The van der Waals surface area contributed by atoms with Gasteiger partial charge < -0.3 is 14.8 Å². The lowest BCUT2D eigenvalue weighted by atomic mass is 9.67. The zero-order valence-corrected chi connectivity index (χ0v) is 20.9. The number of nitro benzene ring substituents is 1. The van der Waals surface area contributed by atoms with Gasteiger partial charge in [0.2, 0.25) is 0 Å². The lowest BCUT2D eigenvalue weighted by Crippen LogP contribution is -2.43. The van der Waals surface area contributed by atoms with Crippen molar-refractivity contribution < 1.29 is 28.8 Å². The van der Waals surface area contributed by atoms with E-state index in [-0.39, 0.29) is 30.0 Å². The smallest absolute Gasteiger partial charge is 0.336 e. The molecule has 3 atom stereocenters. The number of ketones is 1. The van der Waals surface area contributed by atoms with Crippen LogP contribution < -0.4 is 5.32 Å². The van der Waals surface area contributed by atoms with Crippen LogP contribution in [0.25, 0.3) is 0 Å². The zero-order valence-electron chi connectivity index (χ0n) is 20.9. The van der Waals surface area contributed by atoms with Gasteiger partial charge in [0.25, 0.3) is 5.69 Å². The number of nitro groups is 1. The quantitative estimate of drug-likeness (QED) is 0.256. The Morgan fingerprint density at radius 2 is 1.65 bits per heavy atom. The van der Waals surface area contributed by atoms with E-state index < -0.39 is 40.4 Å². The topological polar surface area (TPSA) is 125 Å². The highest BCUT2D eigenvalue weighted by Crippen LogP contribution is 2.48. The fourth-order valence-electron chi connectivity index (χ4n) is 5.15. The number of nitrogens with zero attached hydrogens (tertiary/aromatic N) is 1. The molecule has 192 valence electrons. The first-order valence-corrected chi connectivity index (χ1v) is 12.2. The molecule has 37 heavy (non-hydrogen) atoms. The molecule has 2 aromatic rings. The van der Waals surface area contributed by atoms with Crippen LogP contribution in [-0.2, 0) is 23.9 Å². The molecule has 1 N–H and O–H groups in total. The minimum Gasteiger partial charge on any atom is -0.465 e. The van der Waals surface area contributed by atoms with Gasteiger partial charge in [0.1, 0.15) is 5.92 Å². The second-order valence-electron chi connectivity index (χ2n) is 8.87. The Bertz CT molecular complexity index is 1300. The molecule has 9 nitrogen and oxygen atoms in total. The van der Waals surface area contributed by atoms with Gasteiger partial charge in [0.15, 0.2) is 5.78 Å². The third-order valence-corrected chi connectivity index (χ3v) is 6.72. The average molecular weight is 505 g/mol. The van der Waals surface area contributed by atoms with E-state index in [1.807, 2.05) is 30.3 Å². The molecule has 1 aliphatic carbocycles. The molecule has 3 unspecified atom stereocenters. The molecule has 0 saturated carbocycles. The van der Waals surface area contributed by atoms with E-state index in [9.17, 15) is 24.5 Å². The van der Waals surface area contributed by atoms with Crippen molar-refractivity contribution in [1.29, 1.82) is 0 Å². The number of nitrogens with one attached hydrogen (secondary N) is 1. The van der Waals surface area contributed by atoms with Crippen LogP contribution in [0.5, 0.6) is 0 Å². The van der Waals surface area contributed by atoms with E-state index in [4.69, 9.17) is 9.47 Å². The maximum atomic E-state index is 14.2. The van der Waals surface area contributed by atoms with Crippen molar-refractivity contribution in [2.24, 2.45) is 5.92 Å². The van der Waals surface area contributed by atoms with Crippen molar-refractivity contribution in [3.63, 3.8) is 0 Å². The summed E-state index contributed by atoms with van der Waals surface area (Å²) in [5.74, 6) is -4.11. The first kappa shape index (κ1) is 25.8. The van der Waals surface area contributed by atoms with Crippen LogP contribution in [0.15, 0.2) is 77.1 Å². The molecule has 0 radical (unpaired) electrons. The molecule has 4 rings (SSSR count). The predicted molar refractivity (Wildman–Crippen MR) is 134 cm³/mol. The van der Waals surface area contributed by atoms with Crippen LogP contribution in [0.3, 0.4) is 0 Å². The highest BCUT2D eigenvalue weighted by atomic mass is 16.6. The van der Waals surface area contributed by atoms with Gasteiger partial charge in [-0.2, -0.15) is 0 Å². The number of carbonyl (C=O) groups excluding carboxylic acids is 3. The Morgan fingerprint density at radius 1 is 1.00 bits per heavy atom. The van der Waals surface area contributed by atoms with Crippen molar-refractivity contribution in [1.82, 2.24) is 5.32 Å². The maximum Gasteiger partial charge on any atom is 0.336 e. The number of benzene rings is 2. The molecule has 2 aliphatic rings. The number of non-ortho nitro benzene ring substituents is 1. The summed E-state index contributed by atoms with van der Waals surface area (Å²) in [6, 6.07) is 15.0. The molecule has 9 heteroatoms. The van der Waals surface area contributed by atoms with Crippen LogP contribution in [-0.4, -0.2) is 35.9 Å². The second kappa shape index (κ2) is 10.8. The van der Waals surface area contributed by atoms with Crippen LogP contribution in [0.1, 0.15) is 50.2 Å². The van der Waals surface area contributed by atoms with E-state index in [2.05, 4.69) is 5.32 Å². The zero-order chi connectivity index (χ0) is 26.7. The largest absolute Gasteiger partial charge is 0.465 e. The lowest BCUT2D eigenvalue weighted by Gasteiger charge is -2.39. The first-order chi connectivity index (χ1) is 17.8. The molecule has 0 fully saturated rings. The standard InChI is InChI=1S/C28H28N2O7/c1-4-36-27(32)22-16(3)29-21-15-20(17-9-7-6-8-10-17)24(28(33)37-5-2)26(31)25(21)23(22)18-11-13-19(14-12-18)30(34)35/h6-14,20,23-24,29H,4-5,15H2,1-3H3. The van der Waals surface area contributed by atoms with Gasteiger partial charge in [0.05, 0.1) is 23.7 Å². The number of hydrogen-bond acceptors (Lipinski definition) is 8. The monoisotopic (exact) mass is 504 g/mol. The lowest BCUT2D eigenvalue weighted by molar-refractivity contribution is -0.384. The van der Waals surface area contributed by atoms with Gasteiger partial charge in [-0.15, -0.1) is 0 Å². The molecular formula is C28H28N2O7. The van der Waals surface area contributed by atoms with Gasteiger partial charge in [-0.1, -0.05) is 42.5 Å². The Kier molecular flexibility index (Phi) is 7.52. The first-order valence-electron chi connectivity index (χ1n) is 12.2. The van der Waals surface area contributed by atoms with Crippen molar-refractivity contribution >= 4 is 23.4 Å². The summed E-state index contributed by atoms with van der Waals surface area (Å²) in [5, 5.41) is 14.5. The number of Topliss-reactive ketones (excluding diaryl/α,β-unsaturated/α-hetero) is 1. The molecule has 0 bridgehead atoms. The maximum absolute atomic E-state index is 14.2. The van der Waals surface area contributed by atoms with Crippen molar-refractivity contribution in [2.75, 3.05) is 13.2 Å². The van der Waals surface area contributed by atoms with E-state index in [0.29, 0.717) is 23.4 Å². The molecule has 0 amide bonds. The number of ether oxygens (including phenoxy) is 2. The highest BCUT2D eigenvalue weighted by Gasteiger charge is 2.49. The van der Waals surface area contributed by atoms with Crippen LogP contribution in [0, 0.1) is 16.0 Å². The summed E-state index contributed by atoms with van der Waals surface area (Å²) >= 11 is 0. The van der Waals surface area contributed by atoms with E-state index in [1.54, 1.807) is 20.8 Å². The van der Waals surface area contributed by atoms with Crippen molar-refractivity contribution in [3.05, 3.63) is 98.4 Å². The summed E-state index contributed by atoms with van der Waals surface area (Å²) in [6.45, 7) is 5.34. The van der Waals surface area contributed by atoms with Gasteiger partial charge in [-0.25, -0.2) is 4.79 Å². The van der Waals surface area contributed by atoms with Gasteiger partial charge >= 0.3 is 11.9 Å². The van der Waals surface area contributed by atoms with Crippen molar-refractivity contribution in [2.45, 2.75) is 39.0 Å². The number of carbonyl (C=O) groups is 3. The SMILES string of the molecule is CCOC(=O)C1=C(C)NC2=C(C(=O)C(C(=O)OCC)C(c3ccccc3)C2)C1c1ccc([N+](=O)[O-])cc1. The van der Waals surface area contributed by atoms with Crippen LogP contribution >= 0.6 is 0 Å². The number of esters is 2. The molecular weight excluding hydrogens is 476 g/mol. The Balaban J connectivity index is 1.89. The molecule has 1 aliphatic heterocycles. The second-order valence-corrected chi connectivity index (χ2v) is 8.87. The number of dihydropyridines is 1. The minimum atomic E-state index is -1.11. The average Bonchev–Trinajstić information content (AvgIpc) is 2.88. The third-order valence-electron chi connectivity index (χ3n) is 6.72. The van der Waals surface area contributed by atoms with Gasteiger partial charge in [-0.3, -0.25) is 19.7 Å². The fraction of sp³-hybridized carbons (Fsp3) is 0.321. The normalized spacial score (nSPS) is 21.2. The minimum absolute atomic E-state index is 0.117.